The summed E-state index contributed by atoms with van der Waals surface area (Å²) in [5.41, 5.74) is 3.06. The minimum absolute atomic E-state index is 0.192. The lowest BCUT2D eigenvalue weighted by molar-refractivity contribution is 0.178. The number of hydrogen-bond donors (Lipinski definition) is 3. The zero-order valence-electron chi connectivity index (χ0n) is 11.5. The van der Waals surface area contributed by atoms with E-state index < -0.39 is 6.10 Å². The van der Waals surface area contributed by atoms with Crippen LogP contribution in [0.15, 0.2) is 35.7 Å². The van der Waals surface area contributed by atoms with Crippen LogP contribution < -0.4 is 10.6 Å². The van der Waals surface area contributed by atoms with E-state index in [1.165, 1.54) is 16.9 Å². The fourth-order valence-electron chi connectivity index (χ4n) is 1.77. The third kappa shape index (κ3) is 3.82. The fraction of sp³-hybridized carbons (Fsp3) is 0.267. The number of carbonyl (C=O) groups excluding carboxylic acids is 1. The summed E-state index contributed by atoms with van der Waals surface area (Å²) in [7, 11) is 0. The second-order valence-electron chi connectivity index (χ2n) is 4.67. The molecule has 1 unspecified atom stereocenters. The van der Waals surface area contributed by atoms with Crippen molar-refractivity contribution in [3.63, 3.8) is 0 Å². The highest BCUT2D eigenvalue weighted by molar-refractivity contribution is 7.10. The third-order valence-electron chi connectivity index (χ3n) is 3.09. The van der Waals surface area contributed by atoms with E-state index >= 15 is 0 Å². The second-order valence-corrected chi connectivity index (χ2v) is 5.64. The molecule has 2 rings (SSSR count). The Morgan fingerprint density at radius 3 is 2.75 bits per heavy atom. The van der Waals surface area contributed by atoms with Crippen LogP contribution in [0.1, 0.15) is 22.1 Å². The molecule has 4 nitrogen and oxygen atoms in total. The Morgan fingerprint density at radius 2 is 2.10 bits per heavy atom. The van der Waals surface area contributed by atoms with Crippen LogP contribution in [0.4, 0.5) is 10.5 Å². The number of aliphatic hydroxyl groups excluding tert-OH is 1. The van der Waals surface area contributed by atoms with Crippen LogP contribution in [-0.2, 0) is 0 Å². The summed E-state index contributed by atoms with van der Waals surface area (Å²) in [6.45, 7) is 4.22. The maximum atomic E-state index is 11.8. The molecule has 106 valence electrons. The van der Waals surface area contributed by atoms with Crippen LogP contribution in [0.25, 0.3) is 0 Å². The van der Waals surface area contributed by atoms with E-state index in [2.05, 4.69) is 10.6 Å². The van der Waals surface area contributed by atoms with E-state index in [0.29, 0.717) is 0 Å². The molecule has 5 heteroatoms. The number of benzene rings is 1. The summed E-state index contributed by atoms with van der Waals surface area (Å²) in [6, 6.07) is 9.15. The highest BCUT2D eigenvalue weighted by Gasteiger charge is 2.10. The number of amides is 2. The summed E-state index contributed by atoms with van der Waals surface area (Å²) in [6.07, 6.45) is -0.666. The number of rotatable bonds is 4. The lowest BCUT2D eigenvalue weighted by Crippen LogP contribution is -2.32. The first-order chi connectivity index (χ1) is 9.56. The van der Waals surface area contributed by atoms with E-state index in [4.69, 9.17) is 0 Å². The lowest BCUT2D eigenvalue weighted by atomic mass is 10.1. The molecule has 1 atom stereocenters. The molecular formula is C15H18N2O2S. The van der Waals surface area contributed by atoms with Crippen LogP contribution in [0.5, 0.6) is 0 Å². The minimum atomic E-state index is -0.666. The number of aliphatic hydroxyl groups is 1. The standard InChI is InChI=1S/C15H18N2O2S/c1-10-5-6-12(8-11(10)2)17-15(19)16-9-13(18)14-4-3-7-20-14/h3-8,13,18H,9H2,1-2H3,(H2,16,17,19). The van der Waals surface area contributed by atoms with Crippen molar-refractivity contribution in [1.82, 2.24) is 5.32 Å². The molecule has 0 saturated heterocycles. The largest absolute Gasteiger partial charge is 0.386 e. The Kier molecular flexibility index (Phi) is 4.76. The van der Waals surface area contributed by atoms with Crippen molar-refractivity contribution >= 4 is 23.1 Å². The molecule has 0 aliphatic rings. The van der Waals surface area contributed by atoms with Gasteiger partial charge in [-0.2, -0.15) is 0 Å². The number of nitrogens with one attached hydrogen (secondary N) is 2. The van der Waals surface area contributed by atoms with Gasteiger partial charge in [-0.15, -0.1) is 11.3 Å². The highest BCUT2D eigenvalue weighted by Crippen LogP contribution is 2.18. The maximum absolute atomic E-state index is 11.8. The highest BCUT2D eigenvalue weighted by atomic mass is 32.1. The fourth-order valence-corrected chi connectivity index (χ4v) is 2.48. The number of anilines is 1. The molecule has 2 aromatic rings. The number of hydrogen-bond acceptors (Lipinski definition) is 3. The van der Waals surface area contributed by atoms with Crippen molar-refractivity contribution in [2.45, 2.75) is 20.0 Å². The number of urea groups is 1. The van der Waals surface area contributed by atoms with Crippen LogP contribution >= 0.6 is 11.3 Å². The first-order valence-electron chi connectivity index (χ1n) is 6.40. The van der Waals surface area contributed by atoms with Crippen LogP contribution in [0, 0.1) is 13.8 Å². The van der Waals surface area contributed by atoms with Gasteiger partial charge in [0.25, 0.3) is 0 Å². The Bertz CT molecular complexity index is 582. The smallest absolute Gasteiger partial charge is 0.319 e. The summed E-state index contributed by atoms with van der Waals surface area (Å²) >= 11 is 1.47. The van der Waals surface area contributed by atoms with Gasteiger partial charge in [-0.3, -0.25) is 0 Å². The van der Waals surface area contributed by atoms with Gasteiger partial charge in [-0.05, 0) is 48.6 Å². The lowest BCUT2D eigenvalue weighted by Gasteiger charge is -2.12. The molecule has 1 aromatic heterocycles. The Morgan fingerprint density at radius 1 is 1.30 bits per heavy atom. The van der Waals surface area contributed by atoms with Gasteiger partial charge in [-0.1, -0.05) is 12.1 Å². The third-order valence-corrected chi connectivity index (χ3v) is 4.07. The second kappa shape index (κ2) is 6.54. The number of thiophene rings is 1. The zero-order chi connectivity index (χ0) is 14.5. The van der Waals surface area contributed by atoms with E-state index in [1.807, 2.05) is 49.6 Å². The van der Waals surface area contributed by atoms with E-state index in [9.17, 15) is 9.90 Å². The molecule has 0 fully saturated rings. The summed E-state index contributed by atoms with van der Waals surface area (Å²) in [5.74, 6) is 0. The molecule has 0 aliphatic carbocycles. The van der Waals surface area contributed by atoms with E-state index in [-0.39, 0.29) is 12.6 Å². The minimum Gasteiger partial charge on any atom is -0.386 e. The predicted octanol–water partition coefficient (Wildman–Crippen LogP) is 3.22. The van der Waals surface area contributed by atoms with Crippen LogP contribution in [-0.4, -0.2) is 17.7 Å². The average Bonchev–Trinajstić information content (AvgIpc) is 2.94. The first kappa shape index (κ1) is 14.6. The summed E-state index contributed by atoms with van der Waals surface area (Å²) in [4.78, 5) is 12.6. The molecule has 0 bridgehead atoms. The van der Waals surface area contributed by atoms with Gasteiger partial charge in [0, 0.05) is 10.6 Å². The van der Waals surface area contributed by atoms with Crippen molar-refractivity contribution < 1.29 is 9.90 Å². The van der Waals surface area contributed by atoms with Gasteiger partial charge in [0.05, 0.1) is 6.54 Å². The van der Waals surface area contributed by atoms with Crippen molar-refractivity contribution in [1.29, 1.82) is 0 Å². The molecule has 0 radical (unpaired) electrons. The van der Waals surface area contributed by atoms with Gasteiger partial charge >= 0.3 is 6.03 Å². The topological polar surface area (TPSA) is 61.4 Å². The predicted molar refractivity (Wildman–Crippen MR) is 82.2 cm³/mol. The number of carbonyl (C=O) groups is 1. The van der Waals surface area contributed by atoms with Crippen molar-refractivity contribution in [3.8, 4) is 0 Å². The molecule has 0 saturated carbocycles. The number of aryl methyl sites for hydroxylation is 2. The molecule has 3 N–H and O–H groups in total. The molecule has 1 heterocycles. The van der Waals surface area contributed by atoms with Gasteiger partial charge < -0.3 is 15.7 Å². The van der Waals surface area contributed by atoms with Gasteiger partial charge in [-0.25, -0.2) is 4.79 Å². The van der Waals surface area contributed by atoms with Crippen LogP contribution in [0.2, 0.25) is 0 Å². The van der Waals surface area contributed by atoms with Gasteiger partial charge in [0.1, 0.15) is 6.10 Å². The monoisotopic (exact) mass is 290 g/mol. The molecule has 20 heavy (non-hydrogen) atoms. The van der Waals surface area contributed by atoms with Crippen molar-refractivity contribution in [3.05, 3.63) is 51.7 Å². The molecule has 0 spiro atoms. The quantitative estimate of drug-likeness (QED) is 0.809. The average molecular weight is 290 g/mol. The summed E-state index contributed by atoms with van der Waals surface area (Å²) < 4.78 is 0. The van der Waals surface area contributed by atoms with Gasteiger partial charge in [0.15, 0.2) is 0 Å². The maximum Gasteiger partial charge on any atom is 0.319 e. The van der Waals surface area contributed by atoms with Crippen molar-refractivity contribution in [2.75, 3.05) is 11.9 Å². The first-order valence-corrected chi connectivity index (χ1v) is 7.28. The Balaban J connectivity index is 1.85. The Labute approximate surface area is 122 Å². The normalized spacial score (nSPS) is 11.9. The van der Waals surface area contributed by atoms with Gasteiger partial charge in [0.2, 0.25) is 0 Å². The van der Waals surface area contributed by atoms with E-state index in [1.54, 1.807) is 0 Å². The zero-order valence-corrected chi connectivity index (χ0v) is 12.3. The van der Waals surface area contributed by atoms with Crippen molar-refractivity contribution in [2.24, 2.45) is 0 Å². The van der Waals surface area contributed by atoms with Crippen LogP contribution in [0.3, 0.4) is 0 Å². The molecule has 0 aliphatic heterocycles. The summed E-state index contributed by atoms with van der Waals surface area (Å²) in [5, 5.41) is 17.2. The molecule has 2 amide bonds. The Hall–Kier alpha value is -1.85. The SMILES string of the molecule is Cc1ccc(NC(=O)NCC(O)c2cccs2)cc1C. The van der Waals surface area contributed by atoms with E-state index in [0.717, 1.165) is 16.1 Å². The molecule has 1 aromatic carbocycles. The molecular weight excluding hydrogens is 272 g/mol.